The Morgan fingerprint density at radius 1 is 0.923 bits per heavy atom. The van der Waals surface area contributed by atoms with E-state index in [1.165, 1.54) is 24.6 Å². The minimum atomic E-state index is -3.55. The highest BCUT2D eigenvalue weighted by molar-refractivity contribution is 7.89. The molecule has 1 fully saturated rings. The lowest BCUT2D eigenvalue weighted by molar-refractivity contribution is -0.114. The SMILES string of the molecule is CC(=O)Nc1ccc(S(=O)(=O)NC2CCC(c3ccccc3)CC2)cc1. The van der Waals surface area contributed by atoms with Crippen molar-refractivity contribution in [1.82, 2.24) is 4.72 Å². The smallest absolute Gasteiger partial charge is 0.240 e. The molecular weight excluding hydrogens is 348 g/mol. The number of rotatable bonds is 5. The normalized spacial score (nSPS) is 20.5. The molecule has 5 nitrogen and oxygen atoms in total. The second kappa shape index (κ2) is 8.01. The Labute approximate surface area is 154 Å². The summed E-state index contributed by atoms with van der Waals surface area (Å²) in [5.74, 6) is 0.322. The van der Waals surface area contributed by atoms with Crippen LogP contribution < -0.4 is 10.0 Å². The molecule has 0 spiro atoms. The van der Waals surface area contributed by atoms with E-state index in [1.54, 1.807) is 12.1 Å². The molecule has 0 saturated heterocycles. The van der Waals surface area contributed by atoms with Crippen LogP contribution in [-0.4, -0.2) is 20.4 Å². The molecule has 0 aliphatic heterocycles. The second-order valence-corrected chi connectivity index (χ2v) is 8.50. The van der Waals surface area contributed by atoms with Crippen molar-refractivity contribution in [3.8, 4) is 0 Å². The average Bonchev–Trinajstić information content (AvgIpc) is 2.63. The van der Waals surface area contributed by atoms with Gasteiger partial charge in [-0.25, -0.2) is 13.1 Å². The first kappa shape index (κ1) is 18.6. The van der Waals surface area contributed by atoms with E-state index in [0.29, 0.717) is 11.6 Å². The van der Waals surface area contributed by atoms with Crippen LogP contribution in [0.5, 0.6) is 0 Å². The number of nitrogens with one attached hydrogen (secondary N) is 2. The van der Waals surface area contributed by atoms with Gasteiger partial charge in [0.05, 0.1) is 4.90 Å². The van der Waals surface area contributed by atoms with E-state index in [-0.39, 0.29) is 16.8 Å². The van der Waals surface area contributed by atoms with Gasteiger partial charge >= 0.3 is 0 Å². The number of hydrogen-bond donors (Lipinski definition) is 2. The van der Waals surface area contributed by atoms with Crippen LogP contribution in [0.25, 0.3) is 0 Å². The zero-order chi connectivity index (χ0) is 18.6. The highest BCUT2D eigenvalue weighted by Crippen LogP contribution is 2.33. The summed E-state index contributed by atoms with van der Waals surface area (Å²) >= 11 is 0. The van der Waals surface area contributed by atoms with Crippen molar-refractivity contribution in [2.24, 2.45) is 0 Å². The molecular formula is C20H24N2O3S. The third-order valence-corrected chi connectivity index (χ3v) is 6.34. The Kier molecular flexibility index (Phi) is 5.74. The summed E-state index contributed by atoms with van der Waals surface area (Å²) in [5.41, 5.74) is 1.92. The quantitative estimate of drug-likeness (QED) is 0.841. The predicted molar refractivity (Wildman–Crippen MR) is 103 cm³/mol. The number of carbonyl (C=O) groups excluding carboxylic acids is 1. The van der Waals surface area contributed by atoms with Gasteiger partial charge in [-0.3, -0.25) is 4.79 Å². The maximum atomic E-state index is 12.6. The second-order valence-electron chi connectivity index (χ2n) is 6.79. The van der Waals surface area contributed by atoms with E-state index in [4.69, 9.17) is 0 Å². The highest BCUT2D eigenvalue weighted by atomic mass is 32.2. The molecule has 2 aromatic carbocycles. The molecule has 0 aromatic heterocycles. The van der Waals surface area contributed by atoms with Crippen molar-refractivity contribution in [2.45, 2.75) is 49.5 Å². The molecule has 1 aliphatic rings. The molecule has 1 amide bonds. The molecule has 26 heavy (non-hydrogen) atoms. The zero-order valence-corrected chi connectivity index (χ0v) is 15.6. The van der Waals surface area contributed by atoms with Crippen LogP contribution in [0.3, 0.4) is 0 Å². The fourth-order valence-electron chi connectivity index (χ4n) is 3.48. The third-order valence-electron chi connectivity index (χ3n) is 4.80. The van der Waals surface area contributed by atoms with Crippen molar-refractivity contribution in [2.75, 3.05) is 5.32 Å². The van der Waals surface area contributed by atoms with Gasteiger partial charge in [0.2, 0.25) is 15.9 Å². The van der Waals surface area contributed by atoms with Crippen LogP contribution in [0.4, 0.5) is 5.69 Å². The van der Waals surface area contributed by atoms with E-state index in [0.717, 1.165) is 25.7 Å². The number of benzene rings is 2. The number of sulfonamides is 1. The van der Waals surface area contributed by atoms with Gasteiger partial charge < -0.3 is 5.32 Å². The standard InChI is InChI=1S/C20H24N2O3S/c1-15(23)21-18-11-13-20(14-12-18)26(24,25)22-19-9-7-17(8-10-19)16-5-3-2-4-6-16/h2-6,11-14,17,19,22H,7-10H2,1H3,(H,21,23). The van der Waals surface area contributed by atoms with Crippen LogP contribution in [0.15, 0.2) is 59.5 Å². The molecule has 6 heteroatoms. The van der Waals surface area contributed by atoms with Crippen LogP contribution in [0, 0.1) is 0 Å². The van der Waals surface area contributed by atoms with E-state index in [2.05, 4.69) is 34.3 Å². The van der Waals surface area contributed by atoms with E-state index in [9.17, 15) is 13.2 Å². The Hall–Kier alpha value is -2.18. The maximum absolute atomic E-state index is 12.6. The molecule has 0 radical (unpaired) electrons. The molecule has 0 heterocycles. The fraction of sp³-hybridized carbons (Fsp3) is 0.350. The van der Waals surface area contributed by atoms with Crippen LogP contribution in [0.1, 0.15) is 44.1 Å². The third kappa shape index (κ3) is 4.71. The van der Waals surface area contributed by atoms with Crippen molar-refractivity contribution in [1.29, 1.82) is 0 Å². The lowest BCUT2D eigenvalue weighted by Crippen LogP contribution is -2.37. The summed E-state index contributed by atoms with van der Waals surface area (Å²) in [6, 6.07) is 16.6. The molecule has 2 aromatic rings. The van der Waals surface area contributed by atoms with Crippen molar-refractivity contribution >= 4 is 21.6 Å². The van der Waals surface area contributed by atoms with Gasteiger partial charge in [0.25, 0.3) is 0 Å². The molecule has 3 rings (SSSR count). The summed E-state index contributed by atoms with van der Waals surface area (Å²) in [7, 11) is -3.55. The Balaban J connectivity index is 1.59. The number of carbonyl (C=O) groups is 1. The van der Waals surface area contributed by atoms with E-state index < -0.39 is 10.0 Å². The minimum Gasteiger partial charge on any atom is -0.326 e. The van der Waals surface area contributed by atoms with Crippen LogP contribution in [-0.2, 0) is 14.8 Å². The molecule has 1 saturated carbocycles. The molecule has 1 aliphatic carbocycles. The van der Waals surface area contributed by atoms with Gasteiger partial charge in [-0.2, -0.15) is 0 Å². The van der Waals surface area contributed by atoms with Gasteiger partial charge in [-0.15, -0.1) is 0 Å². The minimum absolute atomic E-state index is 0.0324. The van der Waals surface area contributed by atoms with E-state index in [1.807, 2.05) is 6.07 Å². The van der Waals surface area contributed by atoms with Crippen LogP contribution in [0.2, 0.25) is 0 Å². The molecule has 138 valence electrons. The molecule has 0 atom stereocenters. The Morgan fingerprint density at radius 2 is 1.54 bits per heavy atom. The van der Waals surface area contributed by atoms with Gasteiger partial charge in [-0.05, 0) is 61.4 Å². The number of anilines is 1. The molecule has 2 N–H and O–H groups in total. The van der Waals surface area contributed by atoms with Crippen LogP contribution >= 0.6 is 0 Å². The monoisotopic (exact) mass is 372 g/mol. The first-order valence-corrected chi connectivity index (χ1v) is 10.4. The summed E-state index contributed by atoms with van der Waals surface area (Å²) in [4.78, 5) is 11.3. The molecule has 0 unspecified atom stereocenters. The zero-order valence-electron chi connectivity index (χ0n) is 14.8. The average molecular weight is 372 g/mol. The van der Waals surface area contributed by atoms with Gasteiger partial charge in [0.15, 0.2) is 0 Å². The van der Waals surface area contributed by atoms with Gasteiger partial charge in [-0.1, -0.05) is 30.3 Å². The van der Waals surface area contributed by atoms with E-state index >= 15 is 0 Å². The van der Waals surface area contributed by atoms with Crippen molar-refractivity contribution in [3.05, 3.63) is 60.2 Å². The maximum Gasteiger partial charge on any atom is 0.240 e. The summed E-state index contributed by atoms with van der Waals surface area (Å²) in [6.45, 7) is 1.41. The highest BCUT2D eigenvalue weighted by Gasteiger charge is 2.26. The number of amides is 1. The first-order chi connectivity index (χ1) is 12.4. The Bertz CT molecular complexity index is 840. The summed E-state index contributed by atoms with van der Waals surface area (Å²) in [6.07, 6.45) is 3.64. The number of hydrogen-bond acceptors (Lipinski definition) is 3. The topological polar surface area (TPSA) is 75.3 Å². The largest absolute Gasteiger partial charge is 0.326 e. The lowest BCUT2D eigenvalue weighted by Gasteiger charge is -2.29. The molecule has 0 bridgehead atoms. The van der Waals surface area contributed by atoms with Crippen molar-refractivity contribution in [3.63, 3.8) is 0 Å². The predicted octanol–water partition coefficient (Wildman–Crippen LogP) is 3.65. The Morgan fingerprint density at radius 3 is 2.12 bits per heavy atom. The fourth-order valence-corrected chi connectivity index (χ4v) is 4.78. The van der Waals surface area contributed by atoms with Gasteiger partial charge in [0.1, 0.15) is 0 Å². The van der Waals surface area contributed by atoms with Crippen molar-refractivity contribution < 1.29 is 13.2 Å². The summed E-state index contributed by atoms with van der Waals surface area (Å²) in [5, 5.41) is 2.63. The summed E-state index contributed by atoms with van der Waals surface area (Å²) < 4.78 is 28.0. The lowest BCUT2D eigenvalue weighted by atomic mass is 9.82. The first-order valence-electron chi connectivity index (χ1n) is 8.89. The van der Waals surface area contributed by atoms with Gasteiger partial charge in [0, 0.05) is 18.7 Å².